The number of hydrogen-bond donors (Lipinski definition) is 0. The third-order valence-corrected chi connectivity index (χ3v) is 2.98. The quantitative estimate of drug-likeness (QED) is 0.605. The van der Waals surface area contributed by atoms with E-state index in [1.807, 2.05) is 0 Å². The van der Waals surface area contributed by atoms with Crippen LogP contribution in [-0.2, 0) is 0 Å². The van der Waals surface area contributed by atoms with Crippen molar-refractivity contribution in [1.82, 2.24) is 0 Å². The van der Waals surface area contributed by atoms with Crippen molar-refractivity contribution in [2.45, 2.75) is 6.61 Å². The first-order chi connectivity index (χ1) is 9.61. The number of carbonyl (C=O) groups excluding carboxylic acids is 1. The lowest BCUT2D eigenvalue weighted by molar-refractivity contribution is -0.0498. The number of hydrogen-bond acceptors (Lipinski definition) is 2. The van der Waals surface area contributed by atoms with Gasteiger partial charge in [0.1, 0.15) is 5.75 Å². The predicted molar refractivity (Wildman–Crippen MR) is 73.6 cm³/mol. The Morgan fingerprint density at radius 1 is 1.10 bits per heavy atom. The van der Waals surface area contributed by atoms with Crippen LogP contribution in [0.15, 0.2) is 48.5 Å². The second-order valence-corrected chi connectivity index (χ2v) is 4.27. The molecule has 2 aromatic carbocycles. The number of ether oxygens (including phenoxy) is 1. The molecule has 0 aliphatic rings. The summed E-state index contributed by atoms with van der Waals surface area (Å²) >= 11 is 5.58. The summed E-state index contributed by atoms with van der Waals surface area (Å²) in [5.74, 6) is -0.219. The van der Waals surface area contributed by atoms with Crippen LogP contribution in [0.3, 0.4) is 0 Å². The Bertz CT molecular complexity index is 597. The molecule has 0 aromatic heterocycles. The van der Waals surface area contributed by atoms with Gasteiger partial charge in [0.2, 0.25) is 0 Å². The fraction of sp³-hybridized carbons (Fsp3) is 0.133. The van der Waals surface area contributed by atoms with Crippen LogP contribution < -0.4 is 4.74 Å². The molecule has 2 aromatic rings. The lowest BCUT2D eigenvalue weighted by atomic mass is 9.97. The smallest absolute Gasteiger partial charge is 0.387 e. The van der Waals surface area contributed by atoms with Crippen molar-refractivity contribution in [2.24, 2.45) is 0 Å². The average molecular weight is 297 g/mol. The molecular weight excluding hydrogens is 286 g/mol. The summed E-state index contributed by atoms with van der Waals surface area (Å²) in [5, 5.41) is 0. The molecule has 0 aliphatic heterocycles. The van der Waals surface area contributed by atoms with Crippen molar-refractivity contribution in [2.75, 3.05) is 5.88 Å². The largest absolute Gasteiger partial charge is 0.435 e. The molecule has 0 unspecified atom stereocenters. The van der Waals surface area contributed by atoms with Crippen LogP contribution in [-0.4, -0.2) is 18.3 Å². The number of alkyl halides is 3. The molecule has 0 bridgehead atoms. The molecule has 2 rings (SSSR count). The first kappa shape index (κ1) is 14.5. The number of halogens is 3. The Hall–Kier alpha value is -1.94. The maximum Gasteiger partial charge on any atom is 0.387 e. The molecule has 0 amide bonds. The van der Waals surface area contributed by atoms with E-state index in [1.54, 1.807) is 36.4 Å². The van der Waals surface area contributed by atoms with Crippen molar-refractivity contribution in [1.29, 1.82) is 0 Å². The number of benzene rings is 2. The molecule has 104 valence electrons. The molecule has 5 heteroatoms. The molecule has 0 saturated carbocycles. The number of carbonyl (C=O) groups is 1. The molecule has 0 spiro atoms. The summed E-state index contributed by atoms with van der Waals surface area (Å²) in [7, 11) is 0. The molecule has 20 heavy (non-hydrogen) atoms. The summed E-state index contributed by atoms with van der Waals surface area (Å²) in [5.41, 5.74) is 1.95. The Morgan fingerprint density at radius 3 is 2.35 bits per heavy atom. The Balaban J connectivity index is 2.34. The summed E-state index contributed by atoms with van der Waals surface area (Å²) in [4.78, 5) is 11.8. The van der Waals surface area contributed by atoms with E-state index in [-0.39, 0.29) is 17.4 Å². The maximum atomic E-state index is 12.1. The van der Waals surface area contributed by atoms with Gasteiger partial charge in [-0.15, -0.1) is 11.6 Å². The van der Waals surface area contributed by atoms with E-state index < -0.39 is 6.61 Å². The SMILES string of the molecule is O=C(CCl)c1ccccc1-c1ccc(OC(F)F)cc1. The molecule has 0 heterocycles. The van der Waals surface area contributed by atoms with Crippen molar-refractivity contribution >= 4 is 17.4 Å². The molecule has 0 fully saturated rings. The first-order valence-corrected chi connectivity index (χ1v) is 6.38. The second-order valence-electron chi connectivity index (χ2n) is 4.01. The highest BCUT2D eigenvalue weighted by molar-refractivity contribution is 6.31. The predicted octanol–water partition coefficient (Wildman–Crippen LogP) is 4.38. The molecule has 0 radical (unpaired) electrons. The zero-order valence-corrected chi connectivity index (χ0v) is 11.1. The minimum atomic E-state index is -2.86. The highest BCUT2D eigenvalue weighted by Crippen LogP contribution is 2.26. The molecule has 0 saturated heterocycles. The van der Waals surface area contributed by atoms with Gasteiger partial charge in [-0.1, -0.05) is 36.4 Å². The van der Waals surface area contributed by atoms with Crippen molar-refractivity contribution in [3.05, 3.63) is 54.1 Å². The van der Waals surface area contributed by atoms with E-state index in [0.29, 0.717) is 11.1 Å². The van der Waals surface area contributed by atoms with Crippen LogP contribution in [0.1, 0.15) is 10.4 Å². The summed E-state index contributed by atoms with van der Waals surface area (Å²) in [6, 6.07) is 13.1. The van der Waals surface area contributed by atoms with Gasteiger partial charge in [0.25, 0.3) is 0 Å². The summed E-state index contributed by atoms with van der Waals surface area (Å²) < 4.78 is 28.4. The summed E-state index contributed by atoms with van der Waals surface area (Å²) in [6.45, 7) is -2.86. The van der Waals surface area contributed by atoms with E-state index in [2.05, 4.69) is 4.74 Å². The monoisotopic (exact) mass is 296 g/mol. The van der Waals surface area contributed by atoms with Gasteiger partial charge in [-0.3, -0.25) is 4.79 Å². The molecule has 0 atom stereocenters. The third kappa shape index (κ3) is 3.33. The van der Waals surface area contributed by atoms with E-state index in [1.165, 1.54) is 12.1 Å². The van der Waals surface area contributed by atoms with Crippen molar-refractivity contribution in [3.8, 4) is 16.9 Å². The minimum absolute atomic E-state index is 0.0740. The first-order valence-electron chi connectivity index (χ1n) is 5.85. The summed E-state index contributed by atoms with van der Waals surface area (Å²) in [6.07, 6.45) is 0. The highest BCUT2D eigenvalue weighted by atomic mass is 35.5. The lowest BCUT2D eigenvalue weighted by Crippen LogP contribution is -2.03. The number of Topliss-reactive ketones (excluding diaryl/α,β-unsaturated/α-hetero) is 1. The molecule has 2 nitrogen and oxygen atoms in total. The van der Waals surface area contributed by atoms with E-state index in [4.69, 9.17) is 11.6 Å². The van der Waals surface area contributed by atoms with Gasteiger partial charge in [0.15, 0.2) is 5.78 Å². The molecule has 0 aliphatic carbocycles. The average Bonchev–Trinajstić information content (AvgIpc) is 2.46. The Labute approximate surface area is 119 Å². The highest BCUT2D eigenvalue weighted by Gasteiger charge is 2.11. The van der Waals surface area contributed by atoms with Crippen LogP contribution in [0.5, 0.6) is 5.75 Å². The number of rotatable bonds is 5. The van der Waals surface area contributed by atoms with Gasteiger partial charge in [-0.25, -0.2) is 0 Å². The second kappa shape index (κ2) is 6.48. The Kier molecular flexibility index (Phi) is 4.69. The standard InChI is InChI=1S/C15H11ClF2O2/c16-9-14(19)13-4-2-1-3-12(13)10-5-7-11(8-6-10)20-15(17)18/h1-8,15H,9H2. The zero-order valence-electron chi connectivity index (χ0n) is 10.4. The fourth-order valence-corrected chi connectivity index (χ4v) is 2.01. The van der Waals surface area contributed by atoms with Gasteiger partial charge in [-0.05, 0) is 23.3 Å². The third-order valence-electron chi connectivity index (χ3n) is 2.74. The lowest BCUT2D eigenvalue weighted by Gasteiger charge is -2.09. The number of ketones is 1. The van der Waals surface area contributed by atoms with Crippen LogP contribution in [0.2, 0.25) is 0 Å². The van der Waals surface area contributed by atoms with Crippen molar-refractivity contribution in [3.63, 3.8) is 0 Å². The fourth-order valence-electron chi connectivity index (χ4n) is 1.87. The van der Waals surface area contributed by atoms with Crippen LogP contribution >= 0.6 is 11.6 Å². The van der Waals surface area contributed by atoms with Gasteiger partial charge < -0.3 is 4.74 Å². The molecule has 0 N–H and O–H groups in total. The topological polar surface area (TPSA) is 26.3 Å². The van der Waals surface area contributed by atoms with Gasteiger partial charge in [-0.2, -0.15) is 8.78 Å². The zero-order chi connectivity index (χ0) is 14.5. The van der Waals surface area contributed by atoms with Crippen molar-refractivity contribution < 1.29 is 18.3 Å². The van der Waals surface area contributed by atoms with E-state index in [9.17, 15) is 13.6 Å². The minimum Gasteiger partial charge on any atom is -0.435 e. The Morgan fingerprint density at radius 2 is 1.75 bits per heavy atom. The normalized spacial score (nSPS) is 10.6. The van der Waals surface area contributed by atoms with E-state index in [0.717, 1.165) is 5.56 Å². The van der Waals surface area contributed by atoms with Gasteiger partial charge in [0.05, 0.1) is 5.88 Å². The van der Waals surface area contributed by atoms with Crippen LogP contribution in [0.4, 0.5) is 8.78 Å². The van der Waals surface area contributed by atoms with Gasteiger partial charge in [0, 0.05) is 5.56 Å². The van der Waals surface area contributed by atoms with Gasteiger partial charge >= 0.3 is 6.61 Å². The molecular formula is C15H11ClF2O2. The van der Waals surface area contributed by atoms with Crippen LogP contribution in [0.25, 0.3) is 11.1 Å². The van der Waals surface area contributed by atoms with Crippen LogP contribution in [0, 0.1) is 0 Å². The van der Waals surface area contributed by atoms with E-state index >= 15 is 0 Å². The maximum absolute atomic E-state index is 12.1.